The summed E-state index contributed by atoms with van der Waals surface area (Å²) >= 11 is 0. The van der Waals surface area contributed by atoms with Crippen LogP contribution >= 0.6 is 0 Å². The van der Waals surface area contributed by atoms with Gasteiger partial charge in [0, 0.05) is 24.2 Å². The minimum absolute atomic E-state index is 0.134. The van der Waals surface area contributed by atoms with Crippen molar-refractivity contribution < 1.29 is 14.3 Å². The Morgan fingerprint density at radius 3 is 3.04 bits per heavy atom. The van der Waals surface area contributed by atoms with Gasteiger partial charge in [-0.15, -0.1) is 0 Å². The topological polar surface area (TPSA) is 50.8 Å². The smallest absolute Gasteiger partial charge is 0.253 e. The van der Waals surface area contributed by atoms with Crippen LogP contribution in [0.4, 0.5) is 0 Å². The number of nitrogens with zero attached hydrogens (tertiary/aromatic N) is 1. The van der Waals surface area contributed by atoms with Gasteiger partial charge in [-0.3, -0.25) is 4.79 Å². The summed E-state index contributed by atoms with van der Waals surface area (Å²) in [6.45, 7) is 2.25. The first kappa shape index (κ1) is 14.6. The average molecular weight is 314 g/mol. The lowest BCUT2D eigenvalue weighted by Crippen LogP contribution is -2.44. The van der Waals surface area contributed by atoms with Crippen molar-refractivity contribution >= 4 is 12.0 Å². The normalized spacial score (nSPS) is 26.0. The van der Waals surface area contributed by atoms with Crippen LogP contribution in [0.3, 0.4) is 0 Å². The Morgan fingerprint density at radius 2 is 2.17 bits per heavy atom. The lowest BCUT2D eigenvalue weighted by atomic mass is 10.1. The molecule has 122 valence electrons. The van der Waals surface area contributed by atoms with Crippen LogP contribution in [0.2, 0.25) is 0 Å². The van der Waals surface area contributed by atoms with E-state index in [1.165, 1.54) is 0 Å². The molecule has 5 heteroatoms. The predicted octanol–water partition coefficient (Wildman–Crippen LogP) is 1.82. The Labute approximate surface area is 136 Å². The molecule has 1 aromatic rings. The summed E-state index contributed by atoms with van der Waals surface area (Å²) < 4.78 is 11.0. The lowest BCUT2D eigenvalue weighted by Gasteiger charge is -2.30. The van der Waals surface area contributed by atoms with E-state index < -0.39 is 0 Å². The minimum Gasteiger partial charge on any atom is -0.497 e. The summed E-state index contributed by atoms with van der Waals surface area (Å²) in [6.07, 6.45) is 5.22. The number of methoxy groups -OCH3 is 1. The van der Waals surface area contributed by atoms with Gasteiger partial charge in [-0.1, -0.05) is 0 Å². The molecule has 4 rings (SSSR count). The van der Waals surface area contributed by atoms with Crippen molar-refractivity contribution in [1.82, 2.24) is 10.2 Å². The molecule has 23 heavy (non-hydrogen) atoms. The first-order valence-electron chi connectivity index (χ1n) is 8.31. The molecule has 2 saturated heterocycles. The van der Waals surface area contributed by atoms with E-state index in [1.807, 2.05) is 24.3 Å². The van der Waals surface area contributed by atoms with Gasteiger partial charge in [0.2, 0.25) is 0 Å². The highest BCUT2D eigenvalue weighted by molar-refractivity contribution is 5.99. The number of carbonyl (C=O) groups excluding carboxylic acids is 1. The average Bonchev–Trinajstić information content (AvgIpc) is 2.86. The number of rotatable bonds is 2. The monoisotopic (exact) mass is 314 g/mol. The number of hydrogen-bond donors (Lipinski definition) is 1. The summed E-state index contributed by atoms with van der Waals surface area (Å²) in [7, 11) is 1.64. The molecule has 0 saturated carbocycles. The molecular formula is C18H22N2O3. The van der Waals surface area contributed by atoms with E-state index in [-0.39, 0.29) is 5.91 Å². The van der Waals surface area contributed by atoms with Crippen LogP contribution in [-0.2, 0) is 4.79 Å². The van der Waals surface area contributed by atoms with Crippen molar-refractivity contribution in [3.8, 4) is 11.5 Å². The Morgan fingerprint density at radius 1 is 1.30 bits per heavy atom. The van der Waals surface area contributed by atoms with E-state index >= 15 is 0 Å². The minimum atomic E-state index is 0.134. The van der Waals surface area contributed by atoms with E-state index in [4.69, 9.17) is 9.47 Å². The molecule has 3 aliphatic rings. The summed E-state index contributed by atoms with van der Waals surface area (Å²) in [5, 5.41) is 3.44. The van der Waals surface area contributed by atoms with E-state index in [0.717, 1.165) is 55.0 Å². The molecule has 0 spiro atoms. The fourth-order valence-electron chi connectivity index (χ4n) is 3.89. The maximum Gasteiger partial charge on any atom is 0.253 e. The largest absolute Gasteiger partial charge is 0.497 e. The third-order valence-electron chi connectivity index (χ3n) is 5.09. The van der Waals surface area contributed by atoms with Gasteiger partial charge < -0.3 is 19.7 Å². The number of nitrogens with one attached hydrogen (secondary N) is 1. The van der Waals surface area contributed by atoms with Crippen molar-refractivity contribution in [2.45, 2.75) is 31.3 Å². The first-order valence-corrected chi connectivity index (χ1v) is 8.31. The second kappa shape index (κ2) is 5.89. The van der Waals surface area contributed by atoms with Gasteiger partial charge >= 0.3 is 0 Å². The number of benzene rings is 1. The van der Waals surface area contributed by atoms with Crippen LogP contribution in [-0.4, -0.2) is 49.7 Å². The highest BCUT2D eigenvalue weighted by atomic mass is 16.5. The summed E-state index contributed by atoms with van der Waals surface area (Å²) in [4.78, 5) is 15.1. The first-order chi connectivity index (χ1) is 11.3. The zero-order valence-electron chi connectivity index (χ0n) is 13.4. The summed E-state index contributed by atoms with van der Waals surface area (Å²) in [5.74, 6) is 1.72. The molecule has 5 nitrogen and oxygen atoms in total. The van der Waals surface area contributed by atoms with Gasteiger partial charge in [-0.05, 0) is 50.1 Å². The maximum atomic E-state index is 13.0. The van der Waals surface area contributed by atoms with Crippen molar-refractivity contribution in [2.24, 2.45) is 0 Å². The number of fused-ring (bicyclic) bond motifs is 3. The van der Waals surface area contributed by atoms with E-state index in [1.54, 1.807) is 7.11 Å². The van der Waals surface area contributed by atoms with Crippen LogP contribution in [0.1, 0.15) is 24.8 Å². The maximum absolute atomic E-state index is 13.0. The Kier molecular flexibility index (Phi) is 3.73. The molecule has 3 heterocycles. The fraction of sp³-hybridized carbons (Fsp3) is 0.500. The second-order valence-corrected chi connectivity index (χ2v) is 6.45. The number of hydrogen-bond acceptors (Lipinski definition) is 4. The third kappa shape index (κ3) is 2.59. The van der Waals surface area contributed by atoms with Gasteiger partial charge in [0.05, 0.1) is 12.7 Å². The van der Waals surface area contributed by atoms with Crippen LogP contribution < -0.4 is 14.8 Å². The number of carbonyl (C=O) groups is 1. The molecule has 2 atom stereocenters. The van der Waals surface area contributed by atoms with Gasteiger partial charge in [0.1, 0.15) is 18.1 Å². The highest BCUT2D eigenvalue weighted by Gasteiger charge is 2.39. The van der Waals surface area contributed by atoms with E-state index in [9.17, 15) is 4.79 Å². The quantitative estimate of drug-likeness (QED) is 0.905. The second-order valence-electron chi connectivity index (χ2n) is 6.45. The molecule has 1 N–H and O–H groups in total. The molecule has 0 radical (unpaired) electrons. The number of ether oxygens (including phenoxy) is 2. The zero-order valence-corrected chi connectivity index (χ0v) is 13.4. The highest BCUT2D eigenvalue weighted by Crippen LogP contribution is 2.33. The van der Waals surface area contributed by atoms with Crippen molar-refractivity contribution in [3.63, 3.8) is 0 Å². The van der Waals surface area contributed by atoms with Crippen molar-refractivity contribution in [1.29, 1.82) is 0 Å². The Balaban J connectivity index is 1.62. The number of amides is 1. The summed E-state index contributed by atoms with van der Waals surface area (Å²) in [6, 6.07) is 6.38. The van der Waals surface area contributed by atoms with Gasteiger partial charge in [0.15, 0.2) is 0 Å². The molecule has 2 fully saturated rings. The molecule has 0 aromatic heterocycles. The SMILES string of the molecule is COc1ccc2c(c1)C=C(C(=O)N1C3CCNCC1CC3)CO2. The predicted molar refractivity (Wildman–Crippen MR) is 87.6 cm³/mol. The zero-order chi connectivity index (χ0) is 15.8. The van der Waals surface area contributed by atoms with Gasteiger partial charge in [-0.2, -0.15) is 0 Å². The van der Waals surface area contributed by atoms with Crippen LogP contribution in [0.5, 0.6) is 11.5 Å². The molecule has 0 aliphatic carbocycles. The van der Waals surface area contributed by atoms with Crippen LogP contribution in [0, 0.1) is 0 Å². The molecule has 2 bridgehead atoms. The Bertz CT molecular complexity index is 642. The standard InChI is InChI=1S/C18H22N2O3/c1-22-16-4-5-17-12(9-16)8-13(11-23-17)18(21)20-14-2-3-15(20)10-19-7-6-14/h4-5,8-9,14-15,19H,2-3,6-7,10-11H2,1H3. The molecule has 3 aliphatic heterocycles. The van der Waals surface area contributed by atoms with Crippen LogP contribution in [0.25, 0.3) is 6.08 Å². The van der Waals surface area contributed by atoms with Gasteiger partial charge in [-0.25, -0.2) is 0 Å². The van der Waals surface area contributed by atoms with Crippen LogP contribution in [0.15, 0.2) is 23.8 Å². The molecule has 1 aromatic carbocycles. The van der Waals surface area contributed by atoms with E-state index in [2.05, 4.69) is 10.2 Å². The molecular weight excluding hydrogens is 292 g/mol. The van der Waals surface area contributed by atoms with Gasteiger partial charge in [0.25, 0.3) is 5.91 Å². The van der Waals surface area contributed by atoms with Crippen molar-refractivity contribution in [3.05, 3.63) is 29.3 Å². The lowest BCUT2D eigenvalue weighted by molar-refractivity contribution is -0.129. The van der Waals surface area contributed by atoms with E-state index in [0.29, 0.717) is 18.7 Å². The van der Waals surface area contributed by atoms with Crippen molar-refractivity contribution in [2.75, 3.05) is 26.8 Å². The Hall–Kier alpha value is -2.01. The third-order valence-corrected chi connectivity index (χ3v) is 5.09. The fourth-order valence-corrected chi connectivity index (χ4v) is 3.89. The molecule has 2 unspecified atom stereocenters. The summed E-state index contributed by atoms with van der Waals surface area (Å²) in [5.41, 5.74) is 1.66. The molecule has 1 amide bonds.